The fourth-order valence-corrected chi connectivity index (χ4v) is 2.77. The summed E-state index contributed by atoms with van der Waals surface area (Å²) >= 11 is 0. The quantitative estimate of drug-likeness (QED) is 0.520. The van der Waals surface area contributed by atoms with Crippen LogP contribution >= 0.6 is 0 Å². The summed E-state index contributed by atoms with van der Waals surface area (Å²) < 4.78 is 0. The van der Waals surface area contributed by atoms with Crippen LogP contribution in [0.3, 0.4) is 0 Å². The molecular weight excluding hydrogens is 258 g/mol. The smallest absolute Gasteiger partial charge is 0.292 e. The van der Waals surface area contributed by atoms with Crippen LogP contribution in [0.15, 0.2) is 18.2 Å². The van der Waals surface area contributed by atoms with Gasteiger partial charge in [-0.3, -0.25) is 14.9 Å². The van der Waals surface area contributed by atoms with Crippen LogP contribution in [-0.2, 0) is 0 Å². The van der Waals surface area contributed by atoms with Gasteiger partial charge in [-0.15, -0.1) is 0 Å². The molecule has 0 aliphatic heterocycles. The molecule has 0 unspecified atom stereocenters. The first-order valence-electron chi connectivity index (χ1n) is 6.79. The molecule has 0 heterocycles. The zero-order chi connectivity index (χ0) is 14.7. The molecule has 6 nitrogen and oxygen atoms in total. The van der Waals surface area contributed by atoms with Gasteiger partial charge in [0.15, 0.2) is 0 Å². The zero-order valence-corrected chi connectivity index (χ0v) is 11.5. The zero-order valence-electron chi connectivity index (χ0n) is 11.5. The predicted octanol–water partition coefficient (Wildman–Crippen LogP) is 2.44. The van der Waals surface area contributed by atoms with Gasteiger partial charge in [0.1, 0.15) is 5.69 Å². The van der Waals surface area contributed by atoms with E-state index in [1.165, 1.54) is 31.0 Å². The third kappa shape index (κ3) is 2.89. The van der Waals surface area contributed by atoms with Crippen LogP contribution in [0.1, 0.15) is 36.0 Å². The number of para-hydroxylation sites is 1. The lowest BCUT2D eigenvalue weighted by atomic mass is 10.1. The molecule has 1 aromatic carbocycles. The molecule has 1 aliphatic rings. The van der Waals surface area contributed by atoms with Gasteiger partial charge >= 0.3 is 0 Å². The molecule has 0 atom stereocenters. The Morgan fingerprint density at radius 1 is 1.45 bits per heavy atom. The van der Waals surface area contributed by atoms with Crippen molar-refractivity contribution in [3.8, 4) is 0 Å². The number of benzene rings is 1. The molecule has 2 N–H and O–H groups in total. The molecule has 1 amide bonds. The topological polar surface area (TPSA) is 89.5 Å². The van der Waals surface area contributed by atoms with Gasteiger partial charge in [-0.25, -0.2) is 0 Å². The van der Waals surface area contributed by atoms with Crippen molar-refractivity contribution in [1.29, 1.82) is 0 Å². The lowest BCUT2D eigenvalue weighted by Gasteiger charge is -2.21. The van der Waals surface area contributed by atoms with Gasteiger partial charge in [0.25, 0.3) is 11.6 Å². The van der Waals surface area contributed by atoms with Gasteiger partial charge in [0, 0.05) is 19.7 Å². The summed E-state index contributed by atoms with van der Waals surface area (Å²) in [4.78, 5) is 24.2. The second-order valence-corrected chi connectivity index (χ2v) is 5.33. The monoisotopic (exact) mass is 277 g/mol. The summed E-state index contributed by atoms with van der Waals surface area (Å²) in [6.07, 6.45) is 4.71. The fraction of sp³-hybridized carbons (Fsp3) is 0.500. The summed E-state index contributed by atoms with van der Waals surface area (Å²) in [7, 11) is 1.72. The number of nitro benzene ring substituents is 1. The maximum absolute atomic E-state index is 12.4. The molecule has 0 radical (unpaired) electrons. The Hall–Kier alpha value is -2.11. The van der Waals surface area contributed by atoms with E-state index in [-0.39, 0.29) is 22.8 Å². The summed E-state index contributed by atoms with van der Waals surface area (Å²) in [6, 6.07) is 4.34. The highest BCUT2D eigenvalue weighted by atomic mass is 16.6. The maximum Gasteiger partial charge on any atom is 0.292 e. The van der Waals surface area contributed by atoms with Gasteiger partial charge in [-0.05, 0) is 24.8 Å². The largest absolute Gasteiger partial charge is 0.393 e. The van der Waals surface area contributed by atoms with E-state index in [0.717, 1.165) is 12.8 Å². The Morgan fingerprint density at radius 3 is 2.70 bits per heavy atom. The maximum atomic E-state index is 12.4. The Balaban J connectivity index is 2.15. The minimum Gasteiger partial charge on any atom is -0.393 e. The van der Waals surface area contributed by atoms with Gasteiger partial charge < -0.3 is 10.6 Å². The van der Waals surface area contributed by atoms with Crippen LogP contribution in [0.4, 0.5) is 11.4 Å². The number of nitrogens with two attached hydrogens (primary N) is 1. The summed E-state index contributed by atoms with van der Waals surface area (Å²) in [5, 5.41) is 10.8. The number of nitro groups is 1. The molecule has 1 aliphatic carbocycles. The van der Waals surface area contributed by atoms with E-state index in [1.807, 2.05) is 0 Å². The van der Waals surface area contributed by atoms with Gasteiger partial charge in [0.05, 0.1) is 10.5 Å². The van der Waals surface area contributed by atoms with E-state index in [4.69, 9.17) is 5.73 Å². The average molecular weight is 277 g/mol. The average Bonchev–Trinajstić information content (AvgIpc) is 2.90. The predicted molar refractivity (Wildman–Crippen MR) is 76.4 cm³/mol. The Morgan fingerprint density at radius 2 is 2.10 bits per heavy atom. The SMILES string of the molecule is CN(CC1CCCC1)C(=O)c1cccc([N+](=O)[O-])c1N. The first-order chi connectivity index (χ1) is 9.50. The lowest BCUT2D eigenvalue weighted by molar-refractivity contribution is -0.383. The molecule has 0 saturated heterocycles. The third-order valence-electron chi connectivity index (χ3n) is 3.86. The number of hydrogen-bond donors (Lipinski definition) is 1. The highest BCUT2D eigenvalue weighted by Gasteiger charge is 2.24. The van der Waals surface area contributed by atoms with E-state index in [0.29, 0.717) is 12.5 Å². The minimum absolute atomic E-state index is 0.0548. The van der Waals surface area contributed by atoms with E-state index < -0.39 is 4.92 Å². The Kier molecular flexibility index (Phi) is 4.22. The lowest BCUT2D eigenvalue weighted by Crippen LogP contribution is -2.31. The highest BCUT2D eigenvalue weighted by molar-refractivity contribution is 6.00. The third-order valence-corrected chi connectivity index (χ3v) is 3.86. The standard InChI is InChI=1S/C14H19N3O3/c1-16(9-10-5-2-3-6-10)14(18)11-7-4-8-12(13(11)15)17(19)20/h4,7-8,10H,2-3,5-6,9,15H2,1H3. The molecule has 1 aromatic rings. The van der Waals surface area contributed by atoms with Crippen molar-refractivity contribution >= 4 is 17.3 Å². The van der Waals surface area contributed by atoms with Crippen LogP contribution < -0.4 is 5.73 Å². The van der Waals surface area contributed by atoms with E-state index in [2.05, 4.69) is 0 Å². The molecule has 2 rings (SSSR count). The molecule has 0 spiro atoms. The molecule has 1 fully saturated rings. The summed E-state index contributed by atoms with van der Waals surface area (Å²) in [5.74, 6) is 0.280. The number of carbonyl (C=O) groups excluding carboxylic acids is 1. The van der Waals surface area contributed by atoms with E-state index in [9.17, 15) is 14.9 Å². The summed E-state index contributed by atoms with van der Waals surface area (Å²) in [6.45, 7) is 0.682. The van der Waals surface area contributed by atoms with Crippen LogP contribution in [-0.4, -0.2) is 29.3 Å². The minimum atomic E-state index is -0.566. The number of rotatable bonds is 4. The van der Waals surface area contributed by atoms with Crippen molar-refractivity contribution in [2.75, 3.05) is 19.3 Å². The first kappa shape index (κ1) is 14.3. The van der Waals surface area contributed by atoms with Crippen LogP contribution in [0.25, 0.3) is 0 Å². The van der Waals surface area contributed by atoms with Crippen LogP contribution in [0, 0.1) is 16.0 Å². The van der Waals surface area contributed by atoms with Gasteiger partial charge in [0.2, 0.25) is 0 Å². The van der Waals surface area contributed by atoms with Crippen molar-refractivity contribution in [1.82, 2.24) is 4.90 Å². The Bertz CT molecular complexity index is 524. The number of anilines is 1. The number of nitrogens with zero attached hydrogens (tertiary/aromatic N) is 2. The normalized spacial score (nSPS) is 15.2. The molecule has 6 heteroatoms. The molecule has 20 heavy (non-hydrogen) atoms. The molecule has 0 aromatic heterocycles. The molecule has 0 bridgehead atoms. The molecule has 108 valence electrons. The van der Waals surface area contributed by atoms with Crippen LogP contribution in [0.5, 0.6) is 0 Å². The second kappa shape index (κ2) is 5.90. The Labute approximate surface area is 117 Å². The van der Waals surface area contributed by atoms with E-state index >= 15 is 0 Å². The van der Waals surface area contributed by atoms with Crippen LogP contribution in [0.2, 0.25) is 0 Å². The van der Waals surface area contributed by atoms with Crippen molar-refractivity contribution in [2.24, 2.45) is 5.92 Å². The van der Waals surface area contributed by atoms with Crippen molar-refractivity contribution < 1.29 is 9.72 Å². The molecular formula is C14H19N3O3. The number of hydrogen-bond acceptors (Lipinski definition) is 4. The van der Waals surface area contributed by atoms with Gasteiger partial charge in [-0.2, -0.15) is 0 Å². The number of carbonyl (C=O) groups is 1. The second-order valence-electron chi connectivity index (χ2n) is 5.33. The first-order valence-corrected chi connectivity index (χ1v) is 6.79. The summed E-state index contributed by atoms with van der Waals surface area (Å²) in [5.41, 5.74) is 5.68. The van der Waals surface area contributed by atoms with Crippen molar-refractivity contribution in [3.63, 3.8) is 0 Å². The molecule has 1 saturated carbocycles. The van der Waals surface area contributed by atoms with Gasteiger partial charge in [-0.1, -0.05) is 18.9 Å². The fourth-order valence-electron chi connectivity index (χ4n) is 2.77. The van der Waals surface area contributed by atoms with E-state index in [1.54, 1.807) is 11.9 Å². The number of nitrogen functional groups attached to an aromatic ring is 1. The number of amides is 1. The highest BCUT2D eigenvalue weighted by Crippen LogP contribution is 2.28. The van der Waals surface area contributed by atoms with Crippen molar-refractivity contribution in [2.45, 2.75) is 25.7 Å². The van der Waals surface area contributed by atoms with Crippen molar-refractivity contribution in [3.05, 3.63) is 33.9 Å².